The van der Waals surface area contributed by atoms with Crippen LogP contribution in [0.3, 0.4) is 0 Å². The molecular formula is C19H19Cl2FN2O2. The number of hydrogen-bond donors (Lipinski definition) is 1. The van der Waals surface area contributed by atoms with E-state index in [1.165, 1.54) is 18.2 Å². The molecule has 4 nitrogen and oxygen atoms in total. The molecule has 0 radical (unpaired) electrons. The van der Waals surface area contributed by atoms with Crippen LogP contribution < -0.4 is 5.32 Å². The highest BCUT2D eigenvalue weighted by Crippen LogP contribution is 2.23. The molecule has 1 saturated heterocycles. The van der Waals surface area contributed by atoms with Crippen LogP contribution in [-0.4, -0.2) is 43.7 Å². The van der Waals surface area contributed by atoms with Crippen LogP contribution in [0.15, 0.2) is 42.5 Å². The van der Waals surface area contributed by atoms with Gasteiger partial charge in [-0.15, -0.1) is 0 Å². The molecule has 7 heteroatoms. The van der Waals surface area contributed by atoms with Crippen LogP contribution in [0.25, 0.3) is 0 Å². The van der Waals surface area contributed by atoms with Gasteiger partial charge in [-0.05, 0) is 35.9 Å². The van der Waals surface area contributed by atoms with Crippen molar-refractivity contribution in [3.63, 3.8) is 0 Å². The molecule has 1 atom stereocenters. The fourth-order valence-electron chi connectivity index (χ4n) is 2.99. The van der Waals surface area contributed by atoms with Gasteiger partial charge in [-0.25, -0.2) is 4.39 Å². The van der Waals surface area contributed by atoms with Gasteiger partial charge >= 0.3 is 0 Å². The molecule has 0 bridgehead atoms. The van der Waals surface area contributed by atoms with Crippen molar-refractivity contribution in [2.24, 2.45) is 0 Å². The second-order valence-corrected chi connectivity index (χ2v) is 6.92. The van der Waals surface area contributed by atoms with E-state index in [-0.39, 0.29) is 11.6 Å². The molecule has 138 valence electrons. The maximum Gasteiger partial charge on any atom is 0.254 e. The van der Waals surface area contributed by atoms with Gasteiger partial charge in [-0.2, -0.15) is 0 Å². The largest absolute Gasteiger partial charge is 0.379 e. The molecule has 1 aliphatic heterocycles. The molecule has 1 N–H and O–H groups in total. The van der Waals surface area contributed by atoms with E-state index in [4.69, 9.17) is 27.9 Å². The standard InChI is InChI=1S/C19H19Cl2FN2O2/c20-14-3-1-13(2-4-14)18(24-7-9-26-10-8-24)12-23-19(25)16-11-15(21)5-6-17(16)22/h1-6,11,18H,7-10,12H2,(H,23,25). The van der Waals surface area contributed by atoms with Gasteiger partial charge in [0.1, 0.15) is 5.82 Å². The molecule has 1 fully saturated rings. The topological polar surface area (TPSA) is 41.6 Å². The molecule has 3 rings (SSSR count). The molecule has 1 amide bonds. The van der Waals surface area contributed by atoms with Crippen molar-refractivity contribution in [1.29, 1.82) is 0 Å². The number of amides is 1. The summed E-state index contributed by atoms with van der Waals surface area (Å²) in [5.74, 6) is -1.08. The first-order chi connectivity index (χ1) is 12.5. The summed E-state index contributed by atoms with van der Waals surface area (Å²) < 4.78 is 19.3. The third-order valence-corrected chi connectivity index (χ3v) is 4.86. The lowest BCUT2D eigenvalue weighted by Crippen LogP contribution is -2.43. The summed E-state index contributed by atoms with van der Waals surface area (Å²) in [6.45, 7) is 3.14. The van der Waals surface area contributed by atoms with E-state index in [2.05, 4.69) is 10.2 Å². The lowest BCUT2D eigenvalue weighted by Gasteiger charge is -2.35. The lowest BCUT2D eigenvalue weighted by atomic mass is 10.0. The molecule has 1 heterocycles. The van der Waals surface area contributed by atoms with Crippen molar-refractivity contribution in [1.82, 2.24) is 10.2 Å². The summed E-state index contributed by atoms with van der Waals surface area (Å²) in [7, 11) is 0. The number of hydrogen-bond acceptors (Lipinski definition) is 3. The zero-order chi connectivity index (χ0) is 18.5. The number of rotatable bonds is 5. The second-order valence-electron chi connectivity index (χ2n) is 6.05. The van der Waals surface area contributed by atoms with Crippen LogP contribution in [-0.2, 0) is 4.74 Å². The number of nitrogens with one attached hydrogen (secondary N) is 1. The number of halogens is 3. The third kappa shape index (κ3) is 4.74. The van der Waals surface area contributed by atoms with E-state index in [0.29, 0.717) is 29.8 Å². The monoisotopic (exact) mass is 396 g/mol. The minimum atomic E-state index is -0.596. The molecule has 2 aromatic carbocycles. The Bertz CT molecular complexity index is 765. The SMILES string of the molecule is O=C(NCC(c1ccc(Cl)cc1)N1CCOCC1)c1cc(Cl)ccc1F. The van der Waals surface area contributed by atoms with Crippen LogP contribution in [0.4, 0.5) is 4.39 Å². The fourth-order valence-corrected chi connectivity index (χ4v) is 3.29. The van der Waals surface area contributed by atoms with Crippen molar-refractivity contribution in [2.45, 2.75) is 6.04 Å². The third-order valence-electron chi connectivity index (χ3n) is 4.37. The van der Waals surface area contributed by atoms with Crippen molar-refractivity contribution < 1.29 is 13.9 Å². The van der Waals surface area contributed by atoms with E-state index >= 15 is 0 Å². The minimum Gasteiger partial charge on any atom is -0.379 e. The van der Waals surface area contributed by atoms with Gasteiger partial charge < -0.3 is 10.1 Å². The van der Waals surface area contributed by atoms with Crippen LogP contribution in [0.5, 0.6) is 0 Å². The van der Waals surface area contributed by atoms with Gasteiger partial charge in [0.05, 0.1) is 24.8 Å². The number of benzene rings is 2. The zero-order valence-electron chi connectivity index (χ0n) is 14.1. The average molecular weight is 397 g/mol. The molecule has 0 aliphatic carbocycles. The fraction of sp³-hybridized carbons (Fsp3) is 0.316. The summed E-state index contributed by atoms with van der Waals surface area (Å²) in [4.78, 5) is 14.7. The Morgan fingerprint density at radius 2 is 1.77 bits per heavy atom. The first kappa shape index (κ1) is 19.1. The van der Waals surface area contributed by atoms with E-state index in [9.17, 15) is 9.18 Å². The van der Waals surface area contributed by atoms with Crippen molar-refractivity contribution >= 4 is 29.1 Å². The van der Waals surface area contributed by atoms with E-state index in [1.54, 1.807) is 0 Å². The highest BCUT2D eigenvalue weighted by Gasteiger charge is 2.24. The quantitative estimate of drug-likeness (QED) is 0.831. The maximum absolute atomic E-state index is 13.9. The van der Waals surface area contributed by atoms with Gasteiger partial charge in [-0.3, -0.25) is 9.69 Å². The Morgan fingerprint density at radius 3 is 2.46 bits per heavy atom. The molecule has 2 aromatic rings. The Balaban J connectivity index is 1.75. The molecule has 1 aliphatic rings. The van der Waals surface area contributed by atoms with Crippen molar-refractivity contribution in [3.8, 4) is 0 Å². The van der Waals surface area contributed by atoms with Crippen molar-refractivity contribution in [2.75, 3.05) is 32.8 Å². The summed E-state index contributed by atoms with van der Waals surface area (Å²) in [6.07, 6.45) is 0. The average Bonchev–Trinajstić information content (AvgIpc) is 2.66. The number of carbonyl (C=O) groups is 1. The van der Waals surface area contributed by atoms with Gasteiger partial charge in [0.15, 0.2) is 0 Å². The number of carbonyl (C=O) groups excluding carboxylic acids is 1. The van der Waals surface area contributed by atoms with Gasteiger partial charge in [-0.1, -0.05) is 35.3 Å². The smallest absolute Gasteiger partial charge is 0.254 e. The van der Waals surface area contributed by atoms with E-state index in [0.717, 1.165) is 18.7 Å². The first-order valence-electron chi connectivity index (χ1n) is 8.35. The van der Waals surface area contributed by atoms with E-state index in [1.807, 2.05) is 24.3 Å². The van der Waals surface area contributed by atoms with Gasteiger partial charge in [0.25, 0.3) is 5.91 Å². The summed E-state index contributed by atoms with van der Waals surface area (Å²) in [5.41, 5.74) is 0.970. The Morgan fingerprint density at radius 1 is 1.12 bits per heavy atom. The Labute approximate surface area is 161 Å². The molecule has 0 aromatic heterocycles. The maximum atomic E-state index is 13.9. The minimum absolute atomic E-state index is 0.0534. The highest BCUT2D eigenvalue weighted by molar-refractivity contribution is 6.31. The van der Waals surface area contributed by atoms with Gasteiger partial charge in [0, 0.05) is 29.7 Å². The zero-order valence-corrected chi connectivity index (χ0v) is 15.6. The predicted octanol–water partition coefficient (Wildman–Crippen LogP) is 3.94. The number of ether oxygens (including phenoxy) is 1. The summed E-state index contributed by atoms with van der Waals surface area (Å²) in [6, 6.07) is 11.4. The molecule has 0 spiro atoms. The first-order valence-corrected chi connectivity index (χ1v) is 9.10. The summed E-state index contributed by atoms with van der Waals surface area (Å²) >= 11 is 11.9. The Hall–Kier alpha value is -1.66. The van der Waals surface area contributed by atoms with Gasteiger partial charge in [0.2, 0.25) is 0 Å². The molecular weight excluding hydrogens is 378 g/mol. The van der Waals surface area contributed by atoms with Crippen LogP contribution in [0, 0.1) is 5.82 Å². The molecule has 1 unspecified atom stereocenters. The van der Waals surface area contributed by atoms with Crippen LogP contribution in [0.2, 0.25) is 10.0 Å². The van der Waals surface area contributed by atoms with E-state index < -0.39 is 11.7 Å². The number of nitrogens with zero attached hydrogens (tertiary/aromatic N) is 1. The van der Waals surface area contributed by atoms with Crippen molar-refractivity contribution in [3.05, 3.63) is 69.5 Å². The predicted molar refractivity (Wildman–Crippen MR) is 100 cm³/mol. The highest BCUT2D eigenvalue weighted by atomic mass is 35.5. The summed E-state index contributed by atoms with van der Waals surface area (Å²) in [5, 5.41) is 3.80. The lowest BCUT2D eigenvalue weighted by molar-refractivity contribution is 0.0162. The van der Waals surface area contributed by atoms with Crippen LogP contribution >= 0.6 is 23.2 Å². The second kappa shape index (κ2) is 8.82. The molecule has 0 saturated carbocycles. The normalized spacial score (nSPS) is 16.3. The molecule has 26 heavy (non-hydrogen) atoms. The Kier molecular flexibility index (Phi) is 6.48. The number of morpholine rings is 1. The van der Waals surface area contributed by atoms with Crippen LogP contribution in [0.1, 0.15) is 22.0 Å².